The number of rotatable bonds is 0. The van der Waals surface area contributed by atoms with E-state index in [4.69, 9.17) is 7.10 Å². The van der Waals surface area contributed by atoms with Crippen LogP contribution in [0.4, 0.5) is 5.69 Å². The third-order valence-electron chi connectivity index (χ3n) is 0.718. The van der Waals surface area contributed by atoms with Gasteiger partial charge in [-0.15, -0.1) is 5.69 Å². The number of hydrogen-bond donors (Lipinski definition) is 0. The first-order valence-corrected chi connectivity index (χ1v) is 2.07. The second kappa shape index (κ2) is 1.65. The molecule has 0 bridgehead atoms. The molecule has 0 aliphatic rings. The molecule has 0 saturated carbocycles. The van der Waals surface area contributed by atoms with Crippen LogP contribution in [0.3, 0.4) is 0 Å². The van der Waals surface area contributed by atoms with Crippen LogP contribution in [0.15, 0.2) is 30.3 Å². The molecule has 0 aliphatic heterocycles. The zero-order chi connectivity index (χ0) is 5.98. The molecule has 1 aromatic carbocycles. The van der Waals surface area contributed by atoms with Crippen LogP contribution in [0.5, 0.6) is 0 Å². The lowest BCUT2D eigenvalue weighted by Crippen LogP contribution is -1.52. The van der Waals surface area contributed by atoms with E-state index >= 15 is 0 Å². The zero-order valence-electron chi connectivity index (χ0n) is 4.81. The Bertz CT molecular complexity index is 147. The quantitative estimate of drug-likeness (QED) is 0.470. The number of hydrogen-bond acceptors (Lipinski definition) is 0. The van der Waals surface area contributed by atoms with Crippen LogP contribution in [0, 0.1) is 0 Å². The molecule has 0 unspecified atom stereocenters. The highest BCUT2D eigenvalue weighted by molar-refractivity contribution is 5.40. The van der Waals surface area contributed by atoms with E-state index in [-0.39, 0.29) is 0 Å². The van der Waals surface area contributed by atoms with Crippen molar-refractivity contribution < 1.29 is 1.37 Å². The SMILES string of the molecule is [2H]c1ccc([NH-])cc1. The topological polar surface area (TPSA) is 23.8 Å². The van der Waals surface area contributed by atoms with Gasteiger partial charge in [-0.25, -0.2) is 0 Å². The van der Waals surface area contributed by atoms with Crippen molar-refractivity contribution in [2.75, 3.05) is 0 Å². The van der Waals surface area contributed by atoms with Crippen LogP contribution < -0.4 is 0 Å². The molecule has 0 spiro atoms. The van der Waals surface area contributed by atoms with E-state index in [0.29, 0.717) is 11.7 Å². The smallest absolute Gasteiger partial charge is 0.0623 e. The van der Waals surface area contributed by atoms with Crippen molar-refractivity contribution in [2.45, 2.75) is 0 Å². The van der Waals surface area contributed by atoms with Crippen molar-refractivity contribution >= 4 is 5.69 Å². The normalized spacial score (nSPS) is 10.6. The van der Waals surface area contributed by atoms with E-state index in [1.165, 1.54) is 0 Å². The molecule has 0 saturated heterocycles. The zero-order valence-corrected chi connectivity index (χ0v) is 3.81. The minimum absolute atomic E-state index is 0.459. The average molecular weight is 93.1 g/mol. The van der Waals surface area contributed by atoms with E-state index in [1.54, 1.807) is 24.3 Å². The summed E-state index contributed by atoms with van der Waals surface area (Å²) in [5.74, 6) is 0. The lowest BCUT2D eigenvalue weighted by molar-refractivity contribution is 1.73. The maximum atomic E-state index is 7.01. The van der Waals surface area contributed by atoms with Gasteiger partial charge in [0.1, 0.15) is 0 Å². The molecule has 0 fully saturated rings. The maximum Gasteiger partial charge on any atom is 0.0623 e. The molecular formula is C6H6N-. The minimum atomic E-state index is 0.459. The summed E-state index contributed by atoms with van der Waals surface area (Å²) in [6.45, 7) is 0. The average Bonchev–Trinajstić information content (AvgIpc) is 1.77. The molecule has 1 N–H and O–H groups in total. The highest BCUT2D eigenvalue weighted by Gasteiger charge is 1.64. The summed E-state index contributed by atoms with van der Waals surface area (Å²) in [5, 5.41) is 0. The van der Waals surface area contributed by atoms with Gasteiger partial charge in [0.05, 0.1) is 1.37 Å². The highest BCUT2D eigenvalue weighted by Crippen LogP contribution is 2.05. The Kier molecular flexibility index (Phi) is 0.724. The van der Waals surface area contributed by atoms with Crippen LogP contribution in [0.2, 0.25) is 0 Å². The molecule has 1 rings (SSSR count). The summed E-state index contributed by atoms with van der Waals surface area (Å²) in [6.07, 6.45) is 0. The Morgan fingerprint density at radius 1 is 1.43 bits per heavy atom. The molecule has 0 radical (unpaired) electrons. The van der Waals surface area contributed by atoms with Crippen molar-refractivity contribution in [3.8, 4) is 0 Å². The predicted octanol–water partition coefficient (Wildman–Crippen LogP) is 2.37. The van der Waals surface area contributed by atoms with E-state index in [0.717, 1.165) is 0 Å². The van der Waals surface area contributed by atoms with Crippen molar-refractivity contribution in [2.24, 2.45) is 0 Å². The Hall–Kier alpha value is -0.980. The van der Waals surface area contributed by atoms with Gasteiger partial charge in [0.2, 0.25) is 0 Å². The van der Waals surface area contributed by atoms with E-state index in [1.807, 2.05) is 0 Å². The highest BCUT2D eigenvalue weighted by atomic mass is 14.5. The van der Waals surface area contributed by atoms with Gasteiger partial charge in [-0.3, -0.25) is 0 Å². The molecule has 36 valence electrons. The van der Waals surface area contributed by atoms with Gasteiger partial charge in [-0.1, -0.05) is 30.3 Å². The van der Waals surface area contributed by atoms with Gasteiger partial charge in [0.25, 0.3) is 0 Å². The third kappa shape index (κ3) is 0.929. The second-order valence-electron chi connectivity index (χ2n) is 1.29. The van der Waals surface area contributed by atoms with Gasteiger partial charge < -0.3 is 5.73 Å². The first-order chi connectivity index (χ1) is 3.79. The minimum Gasteiger partial charge on any atom is -0.699 e. The Morgan fingerprint density at radius 3 is 2.43 bits per heavy atom. The van der Waals surface area contributed by atoms with Gasteiger partial charge in [-0.05, 0) is 0 Å². The molecule has 7 heavy (non-hydrogen) atoms. The van der Waals surface area contributed by atoms with Crippen LogP contribution in [-0.2, 0) is 0 Å². The second-order valence-corrected chi connectivity index (χ2v) is 1.29. The lowest BCUT2D eigenvalue weighted by atomic mass is 10.3. The van der Waals surface area contributed by atoms with Crippen LogP contribution >= 0.6 is 0 Å². The first-order valence-electron chi connectivity index (χ1n) is 2.57. The molecule has 0 aliphatic carbocycles. The predicted molar refractivity (Wildman–Crippen MR) is 30.4 cm³/mol. The fraction of sp³-hybridized carbons (Fsp3) is 0. The van der Waals surface area contributed by atoms with Crippen molar-refractivity contribution in [3.63, 3.8) is 0 Å². The van der Waals surface area contributed by atoms with Gasteiger partial charge in [-0.2, -0.15) is 0 Å². The van der Waals surface area contributed by atoms with Crippen LogP contribution in [0.1, 0.15) is 1.37 Å². The molecular weight excluding hydrogens is 86.1 g/mol. The molecule has 0 heterocycles. The monoisotopic (exact) mass is 93.1 g/mol. The van der Waals surface area contributed by atoms with Gasteiger partial charge in [0.15, 0.2) is 0 Å². The molecule has 1 aromatic rings. The van der Waals surface area contributed by atoms with Gasteiger partial charge in [0, 0.05) is 0 Å². The Labute approximate surface area is 44.2 Å². The fourth-order valence-corrected chi connectivity index (χ4v) is 0.387. The van der Waals surface area contributed by atoms with E-state index in [9.17, 15) is 0 Å². The third-order valence-corrected chi connectivity index (χ3v) is 0.718. The fourth-order valence-electron chi connectivity index (χ4n) is 0.387. The lowest BCUT2D eigenvalue weighted by Gasteiger charge is -1.95. The summed E-state index contributed by atoms with van der Waals surface area (Å²) >= 11 is 0. The summed E-state index contributed by atoms with van der Waals surface area (Å²) in [7, 11) is 0. The largest absolute Gasteiger partial charge is 0.699 e. The van der Waals surface area contributed by atoms with Crippen molar-refractivity contribution in [1.29, 1.82) is 0 Å². The Balaban J connectivity index is 3.03. The summed E-state index contributed by atoms with van der Waals surface area (Å²) in [5.41, 5.74) is 7.47. The standard InChI is InChI=1S/C6H6N/c7-6-4-2-1-3-5-6/h1-5,7H/q-1/i1D. The first kappa shape index (κ1) is 3.08. The number of nitrogens with one attached hydrogen (secondary N) is 1. The van der Waals surface area contributed by atoms with Crippen molar-refractivity contribution in [1.82, 2.24) is 0 Å². The van der Waals surface area contributed by atoms with E-state index < -0.39 is 0 Å². The number of benzene rings is 1. The Morgan fingerprint density at radius 2 is 2.00 bits per heavy atom. The molecule has 1 nitrogen and oxygen atoms in total. The summed E-state index contributed by atoms with van der Waals surface area (Å²) in [4.78, 5) is 0. The molecule has 0 atom stereocenters. The molecule has 1 heteroatoms. The summed E-state index contributed by atoms with van der Waals surface area (Å²) < 4.78 is 7.01. The van der Waals surface area contributed by atoms with Gasteiger partial charge >= 0.3 is 0 Å². The molecule has 0 aromatic heterocycles. The maximum absolute atomic E-state index is 7.01. The summed E-state index contributed by atoms with van der Waals surface area (Å²) in [6, 6.07) is 6.86. The molecule has 0 amide bonds. The van der Waals surface area contributed by atoms with E-state index in [2.05, 4.69) is 0 Å². The van der Waals surface area contributed by atoms with Crippen molar-refractivity contribution in [3.05, 3.63) is 36.0 Å². The van der Waals surface area contributed by atoms with Crippen LogP contribution in [-0.4, -0.2) is 0 Å². The van der Waals surface area contributed by atoms with Crippen LogP contribution in [0.25, 0.3) is 5.73 Å².